The molecular weight excluding hydrogens is 511 g/mol. The molecule has 0 aliphatic rings. The average molecular weight is 543 g/mol. The lowest BCUT2D eigenvalue weighted by molar-refractivity contribution is 0.287. The van der Waals surface area contributed by atoms with E-state index < -0.39 is 0 Å². The summed E-state index contributed by atoms with van der Waals surface area (Å²) in [6.45, 7) is 1.31. The summed E-state index contributed by atoms with van der Waals surface area (Å²) in [5, 5.41) is 15.9. The molecule has 4 aromatic rings. The number of amidine groups is 2. The third-order valence-electron chi connectivity index (χ3n) is 5.69. The van der Waals surface area contributed by atoms with Gasteiger partial charge in [-0.15, -0.1) is 24.8 Å². The van der Waals surface area contributed by atoms with Crippen molar-refractivity contribution in [3.05, 3.63) is 83.9 Å². The Morgan fingerprint density at radius 2 is 1.30 bits per heavy atom. The molecule has 0 radical (unpaired) electrons. The van der Waals surface area contributed by atoms with Gasteiger partial charge in [0.05, 0.1) is 13.2 Å². The lowest BCUT2D eigenvalue weighted by atomic mass is 10.1. The Morgan fingerprint density at radius 3 is 1.95 bits per heavy atom. The fourth-order valence-corrected chi connectivity index (χ4v) is 3.76. The maximum Gasteiger partial charge on any atom is 0.135 e. The van der Waals surface area contributed by atoms with Crippen LogP contribution in [0.25, 0.3) is 22.3 Å². The van der Waals surface area contributed by atoms with Crippen molar-refractivity contribution in [2.24, 2.45) is 11.5 Å². The van der Waals surface area contributed by atoms with Crippen LogP contribution in [0.15, 0.2) is 77.2 Å². The number of halogens is 2. The molecule has 4 rings (SSSR count). The van der Waals surface area contributed by atoms with Gasteiger partial charge in [-0.3, -0.25) is 10.8 Å². The fraction of sp³-hybridized carbons (Fsp3) is 0.214. The van der Waals surface area contributed by atoms with E-state index in [9.17, 15) is 0 Å². The van der Waals surface area contributed by atoms with E-state index in [1.54, 1.807) is 18.2 Å². The van der Waals surface area contributed by atoms with Gasteiger partial charge < -0.3 is 25.4 Å². The molecule has 0 aliphatic heterocycles. The minimum absolute atomic E-state index is 0. The van der Waals surface area contributed by atoms with E-state index in [-0.39, 0.29) is 36.5 Å². The molecule has 196 valence electrons. The molecule has 0 aliphatic carbocycles. The number of nitrogens with one attached hydrogen (secondary N) is 2. The van der Waals surface area contributed by atoms with Crippen LogP contribution in [-0.4, -0.2) is 24.9 Å². The topological polar surface area (TPSA) is 131 Å². The first-order valence-corrected chi connectivity index (χ1v) is 11.7. The summed E-state index contributed by atoms with van der Waals surface area (Å²) < 4.78 is 17.7. The van der Waals surface area contributed by atoms with E-state index >= 15 is 0 Å². The van der Waals surface area contributed by atoms with Crippen LogP contribution in [0, 0.1) is 10.8 Å². The van der Waals surface area contributed by atoms with E-state index in [0.717, 1.165) is 59.5 Å². The highest BCUT2D eigenvalue weighted by Gasteiger charge is 2.09. The molecule has 3 aromatic carbocycles. The number of unbranched alkanes of at least 4 members (excludes halogenated alkanes) is 3. The Morgan fingerprint density at radius 1 is 0.676 bits per heavy atom. The molecule has 0 unspecified atom stereocenters. The largest absolute Gasteiger partial charge is 0.494 e. The SMILES string of the molecule is Cl.Cl.N=C(N)c1ccc(OCCCCCCOc2cccc(-c3cc4cc(C(=N)N)ccc4o3)c2)cc1. The highest BCUT2D eigenvalue weighted by Crippen LogP contribution is 2.30. The summed E-state index contributed by atoms with van der Waals surface area (Å²) in [6.07, 6.45) is 4.07. The summed E-state index contributed by atoms with van der Waals surface area (Å²) in [5.74, 6) is 2.45. The normalized spacial score (nSPS) is 10.3. The molecule has 1 aromatic heterocycles. The number of hydrogen-bond donors (Lipinski definition) is 4. The van der Waals surface area contributed by atoms with Gasteiger partial charge in [-0.2, -0.15) is 0 Å². The van der Waals surface area contributed by atoms with Crippen LogP contribution in [-0.2, 0) is 0 Å². The number of furan rings is 1. The summed E-state index contributed by atoms with van der Waals surface area (Å²) in [5.41, 5.74) is 14.1. The molecule has 0 saturated carbocycles. The van der Waals surface area contributed by atoms with Gasteiger partial charge in [-0.25, -0.2) is 0 Å². The van der Waals surface area contributed by atoms with Crippen LogP contribution in [0.4, 0.5) is 0 Å². The van der Waals surface area contributed by atoms with Gasteiger partial charge in [0.2, 0.25) is 0 Å². The van der Waals surface area contributed by atoms with Crippen molar-refractivity contribution in [2.45, 2.75) is 25.7 Å². The Bertz CT molecular complexity index is 1320. The second-order valence-electron chi connectivity index (χ2n) is 8.35. The van der Waals surface area contributed by atoms with Gasteiger partial charge in [-0.1, -0.05) is 12.1 Å². The number of fused-ring (bicyclic) bond motifs is 1. The monoisotopic (exact) mass is 542 g/mol. The number of nitrogen functional groups attached to an aromatic ring is 2. The first kappa shape index (κ1) is 29.5. The van der Waals surface area contributed by atoms with Crippen LogP contribution >= 0.6 is 24.8 Å². The van der Waals surface area contributed by atoms with Gasteiger partial charge in [0.15, 0.2) is 0 Å². The van der Waals surface area contributed by atoms with E-state index in [4.69, 9.17) is 36.2 Å². The van der Waals surface area contributed by atoms with Gasteiger partial charge in [0.25, 0.3) is 0 Å². The third-order valence-corrected chi connectivity index (χ3v) is 5.69. The van der Waals surface area contributed by atoms with Crippen molar-refractivity contribution in [3.63, 3.8) is 0 Å². The molecule has 1 heterocycles. The van der Waals surface area contributed by atoms with Gasteiger partial charge in [0.1, 0.15) is 34.5 Å². The van der Waals surface area contributed by atoms with E-state index in [2.05, 4.69) is 0 Å². The lowest BCUT2D eigenvalue weighted by Gasteiger charge is -2.08. The molecule has 0 saturated heterocycles. The van der Waals surface area contributed by atoms with E-state index in [1.807, 2.05) is 54.6 Å². The lowest BCUT2D eigenvalue weighted by Crippen LogP contribution is -2.10. The smallest absolute Gasteiger partial charge is 0.135 e. The second kappa shape index (κ2) is 14.2. The van der Waals surface area contributed by atoms with Gasteiger partial charge in [0, 0.05) is 22.1 Å². The third kappa shape index (κ3) is 8.17. The molecule has 0 spiro atoms. The molecule has 0 bridgehead atoms. The number of ether oxygens (including phenoxy) is 2. The fourth-order valence-electron chi connectivity index (χ4n) is 3.76. The number of hydrogen-bond acceptors (Lipinski definition) is 5. The van der Waals surface area contributed by atoms with E-state index in [0.29, 0.717) is 24.3 Å². The molecule has 9 heteroatoms. The Balaban J connectivity index is 0.00000241. The minimum atomic E-state index is 0. The van der Waals surface area contributed by atoms with Crippen molar-refractivity contribution in [1.29, 1.82) is 10.8 Å². The van der Waals surface area contributed by atoms with Gasteiger partial charge >= 0.3 is 0 Å². The maximum absolute atomic E-state index is 7.61. The summed E-state index contributed by atoms with van der Waals surface area (Å²) in [4.78, 5) is 0. The molecule has 6 N–H and O–H groups in total. The van der Waals surface area contributed by atoms with Crippen molar-refractivity contribution in [1.82, 2.24) is 0 Å². The Kier molecular flexibility index (Phi) is 11.3. The minimum Gasteiger partial charge on any atom is -0.494 e. The standard InChI is InChI=1S/C28H30N4O3.2ClH/c29-27(30)19-8-11-23(12-9-19)33-14-3-1-2-4-15-34-24-7-5-6-20(17-24)26-18-22-16-21(28(31)32)10-13-25(22)35-26;;/h5-13,16-18H,1-4,14-15H2,(H3,29,30)(H3,31,32);2*1H. The number of benzene rings is 3. The van der Waals surface area contributed by atoms with Crippen molar-refractivity contribution in [3.8, 4) is 22.8 Å². The number of rotatable bonds is 12. The van der Waals surface area contributed by atoms with Crippen LogP contribution in [0.3, 0.4) is 0 Å². The zero-order valence-corrected chi connectivity index (χ0v) is 22.0. The van der Waals surface area contributed by atoms with Crippen LogP contribution in [0.1, 0.15) is 36.8 Å². The van der Waals surface area contributed by atoms with Crippen molar-refractivity contribution >= 4 is 47.5 Å². The Labute approximate surface area is 229 Å². The molecule has 0 atom stereocenters. The van der Waals surface area contributed by atoms with Crippen LogP contribution in [0.2, 0.25) is 0 Å². The van der Waals surface area contributed by atoms with Crippen LogP contribution in [0.5, 0.6) is 11.5 Å². The van der Waals surface area contributed by atoms with E-state index in [1.165, 1.54) is 0 Å². The van der Waals surface area contributed by atoms with Gasteiger partial charge in [-0.05, 0) is 86.3 Å². The zero-order chi connectivity index (χ0) is 24.6. The summed E-state index contributed by atoms with van der Waals surface area (Å²) in [6, 6.07) is 22.6. The molecule has 37 heavy (non-hydrogen) atoms. The van der Waals surface area contributed by atoms with Crippen LogP contribution < -0.4 is 20.9 Å². The summed E-state index contributed by atoms with van der Waals surface area (Å²) >= 11 is 0. The quantitative estimate of drug-likeness (QED) is 0.0917. The van der Waals surface area contributed by atoms with Crippen molar-refractivity contribution < 1.29 is 13.9 Å². The molecule has 0 amide bonds. The first-order chi connectivity index (χ1) is 17.0. The predicted octanol–water partition coefficient (Wildman–Crippen LogP) is 6.53. The Hall–Kier alpha value is -3.68. The second-order valence-corrected chi connectivity index (χ2v) is 8.35. The van der Waals surface area contributed by atoms with Crippen molar-refractivity contribution in [2.75, 3.05) is 13.2 Å². The first-order valence-electron chi connectivity index (χ1n) is 11.7. The molecular formula is C28H32Cl2N4O3. The highest BCUT2D eigenvalue weighted by molar-refractivity contribution is 5.99. The predicted molar refractivity (Wildman–Crippen MR) is 154 cm³/mol. The molecule has 7 nitrogen and oxygen atoms in total. The summed E-state index contributed by atoms with van der Waals surface area (Å²) in [7, 11) is 0. The highest BCUT2D eigenvalue weighted by atomic mass is 35.5. The molecule has 0 fully saturated rings. The zero-order valence-electron chi connectivity index (χ0n) is 20.4. The average Bonchev–Trinajstić information content (AvgIpc) is 3.30. The number of nitrogens with two attached hydrogens (primary N) is 2. The maximum atomic E-state index is 7.61.